The van der Waals surface area contributed by atoms with Crippen LogP contribution in [0.15, 0.2) is 29.5 Å². The van der Waals surface area contributed by atoms with E-state index in [0.29, 0.717) is 13.0 Å². The Hall–Kier alpha value is -1.73. The van der Waals surface area contributed by atoms with E-state index in [-0.39, 0.29) is 5.91 Å². The van der Waals surface area contributed by atoms with E-state index in [2.05, 4.69) is 31.8 Å². The third-order valence-corrected chi connectivity index (χ3v) is 4.46. The molecule has 112 valence electrons. The van der Waals surface area contributed by atoms with Crippen LogP contribution in [0.4, 0.5) is 0 Å². The molecule has 1 aliphatic rings. The Labute approximate surface area is 128 Å². The predicted molar refractivity (Wildman–Crippen MR) is 80.8 cm³/mol. The summed E-state index contributed by atoms with van der Waals surface area (Å²) in [5.74, 6) is 0.209. The number of rotatable bonds is 5. The normalized spacial score (nSPS) is 16.3. The van der Waals surface area contributed by atoms with Crippen molar-refractivity contribution in [3.8, 4) is 0 Å². The predicted octanol–water partition coefficient (Wildman–Crippen LogP) is 1.07. The van der Waals surface area contributed by atoms with Gasteiger partial charge in [0, 0.05) is 39.1 Å². The van der Waals surface area contributed by atoms with Crippen molar-refractivity contribution < 1.29 is 4.79 Å². The van der Waals surface area contributed by atoms with E-state index in [1.807, 2.05) is 4.90 Å². The fraction of sp³-hybridized carbons (Fsp3) is 0.500. The van der Waals surface area contributed by atoms with Crippen molar-refractivity contribution in [2.75, 3.05) is 26.2 Å². The summed E-state index contributed by atoms with van der Waals surface area (Å²) in [7, 11) is 0. The largest absolute Gasteiger partial charge is 0.340 e. The molecule has 0 unspecified atom stereocenters. The van der Waals surface area contributed by atoms with Gasteiger partial charge in [0.1, 0.15) is 12.7 Å². The molecule has 21 heavy (non-hydrogen) atoms. The first-order valence-electron chi connectivity index (χ1n) is 7.15. The smallest absolute Gasteiger partial charge is 0.224 e. The van der Waals surface area contributed by atoms with Crippen LogP contribution in [0.2, 0.25) is 0 Å². The maximum atomic E-state index is 12.2. The van der Waals surface area contributed by atoms with Gasteiger partial charge < -0.3 is 4.90 Å². The molecule has 1 amide bonds. The van der Waals surface area contributed by atoms with Crippen LogP contribution in [-0.2, 0) is 17.9 Å². The molecule has 6 nitrogen and oxygen atoms in total. The average Bonchev–Trinajstić information content (AvgIpc) is 3.19. The molecule has 0 saturated carbocycles. The Kier molecular flexibility index (Phi) is 4.62. The zero-order valence-electron chi connectivity index (χ0n) is 11.9. The first-order valence-corrected chi connectivity index (χ1v) is 8.09. The van der Waals surface area contributed by atoms with Crippen LogP contribution in [0.25, 0.3) is 0 Å². The summed E-state index contributed by atoms with van der Waals surface area (Å²) in [6.45, 7) is 5.13. The highest BCUT2D eigenvalue weighted by Gasteiger charge is 2.20. The van der Waals surface area contributed by atoms with Crippen LogP contribution >= 0.6 is 11.3 Å². The molecule has 0 bridgehead atoms. The third kappa shape index (κ3) is 3.89. The molecular weight excluding hydrogens is 286 g/mol. The van der Waals surface area contributed by atoms with Crippen molar-refractivity contribution in [2.45, 2.75) is 19.5 Å². The quantitative estimate of drug-likeness (QED) is 0.829. The monoisotopic (exact) mass is 305 g/mol. The lowest BCUT2D eigenvalue weighted by Gasteiger charge is -2.34. The van der Waals surface area contributed by atoms with Gasteiger partial charge in [-0.3, -0.25) is 14.4 Å². The minimum absolute atomic E-state index is 0.209. The highest BCUT2D eigenvalue weighted by Crippen LogP contribution is 2.12. The molecule has 0 spiro atoms. The number of carbonyl (C=O) groups is 1. The maximum Gasteiger partial charge on any atom is 0.224 e. The second-order valence-electron chi connectivity index (χ2n) is 5.20. The lowest BCUT2D eigenvalue weighted by atomic mass is 10.2. The van der Waals surface area contributed by atoms with Crippen LogP contribution in [-0.4, -0.2) is 56.7 Å². The van der Waals surface area contributed by atoms with Gasteiger partial charge in [0.25, 0.3) is 0 Å². The lowest BCUT2D eigenvalue weighted by molar-refractivity contribution is -0.133. The van der Waals surface area contributed by atoms with Gasteiger partial charge in [-0.25, -0.2) is 4.98 Å². The molecule has 7 heteroatoms. The lowest BCUT2D eigenvalue weighted by Crippen LogP contribution is -2.48. The van der Waals surface area contributed by atoms with E-state index < -0.39 is 0 Å². The van der Waals surface area contributed by atoms with Crippen LogP contribution in [0.1, 0.15) is 12.0 Å². The summed E-state index contributed by atoms with van der Waals surface area (Å²) < 4.78 is 1.70. The maximum absolute atomic E-state index is 12.2. The molecule has 1 saturated heterocycles. The summed E-state index contributed by atoms with van der Waals surface area (Å²) in [4.78, 5) is 20.4. The second kappa shape index (κ2) is 6.82. The van der Waals surface area contributed by atoms with E-state index >= 15 is 0 Å². The second-order valence-corrected chi connectivity index (χ2v) is 5.98. The summed E-state index contributed by atoms with van der Waals surface area (Å²) in [5, 5.41) is 8.32. The number of aromatic nitrogens is 3. The number of thiophene rings is 1. The summed E-state index contributed by atoms with van der Waals surface area (Å²) in [6, 6.07) is 2.17. The molecule has 0 atom stereocenters. The zero-order valence-corrected chi connectivity index (χ0v) is 12.7. The SMILES string of the molecule is O=C(CCn1cncn1)N1CCN(Cc2ccsc2)CC1. The topological polar surface area (TPSA) is 54.3 Å². The number of aryl methyl sites for hydroxylation is 1. The summed E-state index contributed by atoms with van der Waals surface area (Å²) in [6.07, 6.45) is 3.63. The van der Waals surface area contributed by atoms with Gasteiger partial charge in [0.05, 0.1) is 6.54 Å². The fourth-order valence-corrected chi connectivity index (χ4v) is 3.17. The molecule has 0 aromatic carbocycles. The Morgan fingerprint density at radius 1 is 1.29 bits per heavy atom. The van der Waals surface area contributed by atoms with E-state index in [4.69, 9.17) is 0 Å². The average molecular weight is 305 g/mol. The summed E-state index contributed by atoms with van der Waals surface area (Å²) >= 11 is 1.73. The number of carbonyl (C=O) groups excluding carboxylic acids is 1. The van der Waals surface area contributed by atoms with Gasteiger partial charge in [-0.2, -0.15) is 16.4 Å². The minimum Gasteiger partial charge on any atom is -0.340 e. The van der Waals surface area contributed by atoms with Gasteiger partial charge in [-0.05, 0) is 22.4 Å². The standard InChI is InChI=1S/C14H19N5OS/c20-14(1-3-19-12-15-11-16-19)18-6-4-17(5-7-18)9-13-2-8-21-10-13/h2,8,10-12H,1,3-7,9H2. The van der Waals surface area contributed by atoms with Gasteiger partial charge in [-0.15, -0.1) is 0 Å². The molecule has 3 heterocycles. The Morgan fingerprint density at radius 2 is 2.14 bits per heavy atom. The van der Waals surface area contributed by atoms with E-state index in [0.717, 1.165) is 32.7 Å². The van der Waals surface area contributed by atoms with Crippen LogP contribution in [0.5, 0.6) is 0 Å². The van der Waals surface area contributed by atoms with Crippen molar-refractivity contribution in [3.63, 3.8) is 0 Å². The minimum atomic E-state index is 0.209. The Bertz CT molecular complexity index is 546. The van der Waals surface area contributed by atoms with Crippen molar-refractivity contribution in [2.24, 2.45) is 0 Å². The van der Waals surface area contributed by atoms with Crippen molar-refractivity contribution >= 4 is 17.2 Å². The summed E-state index contributed by atoms with van der Waals surface area (Å²) in [5.41, 5.74) is 1.37. The van der Waals surface area contributed by atoms with Gasteiger partial charge >= 0.3 is 0 Å². The third-order valence-electron chi connectivity index (χ3n) is 3.73. The van der Waals surface area contributed by atoms with Crippen LogP contribution < -0.4 is 0 Å². The van der Waals surface area contributed by atoms with Crippen LogP contribution in [0.3, 0.4) is 0 Å². The molecule has 0 N–H and O–H groups in total. The molecule has 0 aliphatic carbocycles. The molecule has 0 radical (unpaired) electrons. The van der Waals surface area contributed by atoms with Gasteiger partial charge in [0.15, 0.2) is 0 Å². The van der Waals surface area contributed by atoms with Crippen molar-refractivity contribution in [1.82, 2.24) is 24.6 Å². The first kappa shape index (κ1) is 14.2. The molecular formula is C14H19N5OS. The number of amides is 1. The fourth-order valence-electron chi connectivity index (χ4n) is 2.51. The molecule has 2 aromatic rings. The first-order chi connectivity index (χ1) is 10.3. The highest BCUT2D eigenvalue weighted by atomic mass is 32.1. The molecule has 1 aliphatic heterocycles. The van der Waals surface area contributed by atoms with Crippen molar-refractivity contribution in [3.05, 3.63) is 35.0 Å². The number of hydrogen-bond donors (Lipinski definition) is 0. The van der Waals surface area contributed by atoms with Gasteiger partial charge in [0.2, 0.25) is 5.91 Å². The molecule has 2 aromatic heterocycles. The highest BCUT2D eigenvalue weighted by molar-refractivity contribution is 7.07. The number of piperazine rings is 1. The molecule has 1 fully saturated rings. The van der Waals surface area contributed by atoms with Crippen molar-refractivity contribution in [1.29, 1.82) is 0 Å². The zero-order chi connectivity index (χ0) is 14.5. The van der Waals surface area contributed by atoms with E-state index in [1.165, 1.54) is 11.9 Å². The van der Waals surface area contributed by atoms with Crippen LogP contribution in [0, 0.1) is 0 Å². The van der Waals surface area contributed by atoms with E-state index in [1.54, 1.807) is 22.3 Å². The van der Waals surface area contributed by atoms with E-state index in [9.17, 15) is 4.79 Å². The Balaban J connectivity index is 1.41. The molecule has 3 rings (SSSR count). The Morgan fingerprint density at radius 3 is 2.81 bits per heavy atom. The van der Waals surface area contributed by atoms with Gasteiger partial charge in [-0.1, -0.05) is 0 Å². The number of nitrogens with zero attached hydrogens (tertiary/aromatic N) is 5. The number of hydrogen-bond acceptors (Lipinski definition) is 5.